The van der Waals surface area contributed by atoms with Gasteiger partial charge in [-0.3, -0.25) is 4.79 Å². The fourth-order valence-electron chi connectivity index (χ4n) is 2.62. The number of carbonyl (C=O) groups is 1. The molecule has 0 bridgehead atoms. The summed E-state index contributed by atoms with van der Waals surface area (Å²) in [6, 6.07) is 9.92. The van der Waals surface area contributed by atoms with E-state index < -0.39 is 11.7 Å². The molecule has 0 saturated heterocycles. The number of benzene rings is 2. The normalized spacial score (nSPS) is 12.1. The van der Waals surface area contributed by atoms with E-state index in [1.54, 1.807) is 6.07 Å². The van der Waals surface area contributed by atoms with Crippen LogP contribution < -0.4 is 4.80 Å². The Bertz CT molecular complexity index is 985. The number of thiazole rings is 1. The fourth-order valence-corrected chi connectivity index (χ4v) is 3.75. The number of carbonyl (C=O) groups excluding carboxylic acids is 1. The quantitative estimate of drug-likeness (QED) is 0.684. The lowest BCUT2D eigenvalue weighted by Crippen LogP contribution is -2.17. The molecule has 2 aromatic carbocycles. The van der Waals surface area contributed by atoms with Gasteiger partial charge in [0.15, 0.2) is 4.80 Å². The van der Waals surface area contributed by atoms with Crippen LogP contribution in [0, 0.1) is 19.7 Å². The second kappa shape index (κ2) is 6.69. The first-order valence-corrected chi connectivity index (χ1v) is 8.76. The van der Waals surface area contributed by atoms with Crippen molar-refractivity contribution in [3.63, 3.8) is 0 Å². The van der Waals surface area contributed by atoms with E-state index >= 15 is 0 Å². The summed E-state index contributed by atoms with van der Waals surface area (Å²) in [5.74, 6) is -0.848. The number of nitrogens with zero attached hydrogens (tertiary/aromatic N) is 2. The van der Waals surface area contributed by atoms with Gasteiger partial charge in [0, 0.05) is 12.1 Å². The summed E-state index contributed by atoms with van der Waals surface area (Å²) in [4.78, 5) is 17.3. The van der Waals surface area contributed by atoms with Crippen molar-refractivity contribution in [1.29, 1.82) is 0 Å². The Morgan fingerprint density at radius 2 is 1.96 bits per heavy atom. The van der Waals surface area contributed by atoms with Crippen molar-refractivity contribution in [1.82, 2.24) is 4.57 Å². The molecule has 124 valence electrons. The molecule has 3 rings (SSSR count). The predicted molar refractivity (Wildman–Crippen MR) is 95.9 cm³/mol. The smallest absolute Gasteiger partial charge is 0.279 e. The van der Waals surface area contributed by atoms with Gasteiger partial charge in [-0.1, -0.05) is 24.3 Å². The average molecular weight is 342 g/mol. The van der Waals surface area contributed by atoms with Crippen molar-refractivity contribution in [3.8, 4) is 0 Å². The zero-order chi connectivity index (χ0) is 17.3. The lowest BCUT2D eigenvalue weighted by Gasteiger charge is -2.05. The zero-order valence-electron chi connectivity index (χ0n) is 14.0. The Morgan fingerprint density at radius 1 is 1.21 bits per heavy atom. The first-order valence-electron chi connectivity index (χ1n) is 7.95. The maximum atomic E-state index is 13.3. The number of hydrogen-bond acceptors (Lipinski definition) is 2. The summed E-state index contributed by atoms with van der Waals surface area (Å²) in [7, 11) is 0. The molecule has 3 nitrogen and oxygen atoms in total. The van der Waals surface area contributed by atoms with Crippen LogP contribution in [0.25, 0.3) is 10.2 Å². The van der Waals surface area contributed by atoms with E-state index in [0.29, 0.717) is 4.80 Å². The molecule has 0 unspecified atom stereocenters. The second-order valence-corrected chi connectivity index (χ2v) is 6.88. The number of hydrogen-bond donors (Lipinski definition) is 0. The number of aromatic nitrogens is 1. The minimum atomic E-state index is -0.430. The van der Waals surface area contributed by atoms with E-state index in [4.69, 9.17) is 0 Å². The topological polar surface area (TPSA) is 34.4 Å². The van der Waals surface area contributed by atoms with E-state index in [-0.39, 0.29) is 5.56 Å². The van der Waals surface area contributed by atoms with Gasteiger partial charge < -0.3 is 4.57 Å². The van der Waals surface area contributed by atoms with E-state index in [1.165, 1.54) is 40.7 Å². The molecule has 0 fully saturated rings. The summed E-state index contributed by atoms with van der Waals surface area (Å²) in [6.07, 6.45) is 0.945. The molecule has 0 N–H and O–H groups in total. The highest BCUT2D eigenvalue weighted by Crippen LogP contribution is 2.22. The number of fused-ring (bicyclic) bond motifs is 1. The van der Waals surface area contributed by atoms with Gasteiger partial charge in [0.2, 0.25) is 0 Å². The average Bonchev–Trinajstić information content (AvgIpc) is 2.85. The molecule has 3 aromatic rings. The van der Waals surface area contributed by atoms with E-state index in [1.807, 2.05) is 0 Å². The molecule has 0 aliphatic rings. The van der Waals surface area contributed by atoms with Crippen LogP contribution in [0.1, 0.15) is 34.8 Å². The highest BCUT2D eigenvalue weighted by Gasteiger charge is 2.10. The largest absolute Gasteiger partial charge is 0.316 e. The molecular formula is C19H19FN2OS. The van der Waals surface area contributed by atoms with Gasteiger partial charge in [-0.2, -0.15) is 4.99 Å². The Kier molecular flexibility index (Phi) is 4.62. The standard InChI is InChI=1S/C19H19FN2OS/c1-4-8-22-16-9-12(2)13(3)10-17(16)24-19(22)21-18(23)14-6-5-7-15(20)11-14/h5-7,9-11H,4,8H2,1-3H3. The molecular weight excluding hydrogens is 323 g/mol. The fraction of sp³-hybridized carbons (Fsp3) is 0.263. The van der Waals surface area contributed by atoms with Gasteiger partial charge in [-0.25, -0.2) is 4.39 Å². The Hall–Kier alpha value is -2.27. The first-order chi connectivity index (χ1) is 11.5. The third-order valence-electron chi connectivity index (χ3n) is 4.01. The molecule has 0 spiro atoms. The Balaban J connectivity index is 2.17. The molecule has 1 heterocycles. The van der Waals surface area contributed by atoms with Crippen LogP contribution in [0.4, 0.5) is 4.39 Å². The van der Waals surface area contributed by atoms with Crippen LogP contribution in [-0.2, 0) is 6.54 Å². The van der Waals surface area contributed by atoms with Crippen LogP contribution in [0.2, 0.25) is 0 Å². The van der Waals surface area contributed by atoms with Crippen molar-refractivity contribution in [2.45, 2.75) is 33.7 Å². The predicted octanol–water partition coefficient (Wildman–Crippen LogP) is 4.61. The number of halogens is 1. The molecule has 5 heteroatoms. The SMILES string of the molecule is CCCn1c(=NC(=O)c2cccc(F)c2)sc2cc(C)c(C)cc21. The van der Waals surface area contributed by atoms with Gasteiger partial charge in [-0.05, 0) is 61.7 Å². The van der Waals surface area contributed by atoms with Crippen molar-refractivity contribution in [2.75, 3.05) is 0 Å². The monoisotopic (exact) mass is 342 g/mol. The second-order valence-electron chi connectivity index (χ2n) is 5.87. The van der Waals surface area contributed by atoms with Crippen LogP contribution in [0.3, 0.4) is 0 Å². The molecule has 1 aromatic heterocycles. The molecule has 0 saturated carbocycles. The molecule has 0 aliphatic heterocycles. The lowest BCUT2D eigenvalue weighted by atomic mass is 10.1. The third kappa shape index (κ3) is 3.17. The first kappa shape index (κ1) is 16.6. The zero-order valence-corrected chi connectivity index (χ0v) is 14.8. The lowest BCUT2D eigenvalue weighted by molar-refractivity contribution is 0.0997. The number of rotatable bonds is 3. The van der Waals surface area contributed by atoms with Gasteiger partial charge >= 0.3 is 0 Å². The summed E-state index contributed by atoms with van der Waals surface area (Å²) < 4.78 is 16.5. The number of amides is 1. The van der Waals surface area contributed by atoms with Crippen molar-refractivity contribution in [2.24, 2.45) is 4.99 Å². The van der Waals surface area contributed by atoms with Crippen LogP contribution in [-0.4, -0.2) is 10.5 Å². The minimum absolute atomic E-state index is 0.267. The molecule has 1 amide bonds. The maximum Gasteiger partial charge on any atom is 0.279 e. The van der Waals surface area contributed by atoms with Gasteiger partial charge in [0.25, 0.3) is 5.91 Å². The molecule has 0 aliphatic carbocycles. The molecule has 24 heavy (non-hydrogen) atoms. The number of aryl methyl sites for hydroxylation is 3. The highest BCUT2D eigenvalue weighted by molar-refractivity contribution is 7.16. The molecule has 0 radical (unpaired) electrons. The minimum Gasteiger partial charge on any atom is -0.316 e. The van der Waals surface area contributed by atoms with Crippen LogP contribution >= 0.6 is 11.3 Å². The van der Waals surface area contributed by atoms with Crippen molar-refractivity contribution < 1.29 is 9.18 Å². The molecule has 0 atom stereocenters. The Morgan fingerprint density at radius 3 is 2.67 bits per heavy atom. The highest BCUT2D eigenvalue weighted by atomic mass is 32.1. The van der Waals surface area contributed by atoms with Crippen molar-refractivity contribution >= 4 is 27.5 Å². The van der Waals surface area contributed by atoms with E-state index in [2.05, 4.69) is 42.5 Å². The van der Waals surface area contributed by atoms with Crippen LogP contribution in [0.5, 0.6) is 0 Å². The summed E-state index contributed by atoms with van der Waals surface area (Å²) in [5.41, 5.74) is 3.79. The van der Waals surface area contributed by atoms with E-state index in [0.717, 1.165) is 23.2 Å². The summed E-state index contributed by atoms with van der Waals surface area (Å²) in [6.45, 7) is 7.04. The van der Waals surface area contributed by atoms with E-state index in [9.17, 15) is 9.18 Å². The summed E-state index contributed by atoms with van der Waals surface area (Å²) in [5, 5.41) is 0. The van der Waals surface area contributed by atoms with Gasteiger partial charge in [0.05, 0.1) is 10.2 Å². The Labute approximate surface area is 144 Å². The van der Waals surface area contributed by atoms with Gasteiger partial charge in [0.1, 0.15) is 5.82 Å². The van der Waals surface area contributed by atoms with Crippen molar-refractivity contribution in [3.05, 3.63) is 63.7 Å². The maximum absolute atomic E-state index is 13.3. The third-order valence-corrected chi connectivity index (χ3v) is 5.06. The van der Waals surface area contributed by atoms with Gasteiger partial charge in [-0.15, -0.1) is 0 Å². The van der Waals surface area contributed by atoms with Crippen LogP contribution in [0.15, 0.2) is 41.4 Å². The summed E-state index contributed by atoms with van der Waals surface area (Å²) >= 11 is 1.50.